The number of methoxy groups -OCH3 is 1. The third kappa shape index (κ3) is 7.20. The molecule has 11 nitrogen and oxygen atoms in total. The van der Waals surface area contributed by atoms with Crippen LogP contribution in [0.4, 0.5) is 16.3 Å². The summed E-state index contributed by atoms with van der Waals surface area (Å²) in [5, 5.41) is 2.85. The van der Waals surface area contributed by atoms with Crippen LogP contribution in [0.3, 0.4) is 0 Å². The first-order valence-corrected chi connectivity index (χ1v) is 16.7. The number of carbonyl (C=O) groups excluding carboxylic acids is 1. The Morgan fingerprint density at radius 2 is 1.85 bits per heavy atom. The third-order valence-corrected chi connectivity index (χ3v) is 9.61. The summed E-state index contributed by atoms with van der Waals surface area (Å²) in [5.74, 6) is 0.814. The summed E-state index contributed by atoms with van der Waals surface area (Å²) < 4.78 is 17.6. The summed E-state index contributed by atoms with van der Waals surface area (Å²) in [6.07, 6.45) is 1.40. The Hall–Kier alpha value is -3.85. The lowest BCUT2D eigenvalue weighted by Crippen LogP contribution is -2.57. The van der Waals surface area contributed by atoms with Crippen molar-refractivity contribution in [2.75, 3.05) is 69.8 Å². The van der Waals surface area contributed by atoms with E-state index in [1.165, 1.54) is 0 Å². The van der Waals surface area contributed by atoms with E-state index in [9.17, 15) is 4.79 Å². The van der Waals surface area contributed by atoms with E-state index in [-0.39, 0.29) is 30.8 Å². The van der Waals surface area contributed by atoms with E-state index in [1.807, 2.05) is 32.9 Å². The highest BCUT2D eigenvalue weighted by Crippen LogP contribution is 2.37. The lowest BCUT2D eigenvalue weighted by Gasteiger charge is -2.41. The average molecular weight is 662 g/mol. The van der Waals surface area contributed by atoms with Crippen molar-refractivity contribution in [2.24, 2.45) is 0 Å². The second kappa shape index (κ2) is 13.7. The van der Waals surface area contributed by atoms with E-state index in [0.29, 0.717) is 38.8 Å². The normalized spacial score (nSPS) is 21.9. The number of likely N-dealkylation sites (tertiary alicyclic amines) is 1. The number of nitrogens with zero attached hydrogens (tertiary/aromatic N) is 7. The fourth-order valence-corrected chi connectivity index (χ4v) is 7.17. The van der Waals surface area contributed by atoms with Crippen molar-refractivity contribution in [3.05, 3.63) is 64.1 Å². The zero-order chi connectivity index (χ0) is 33.3. The SMILES string of the molecule is [C-]#[N+]C[C@H]1CN(c2nc(OC[C@@H]3C[C@@H](OC)CN3C)nc3c2CCN(c2cccc4cccc(Cl)c24)C3)CCN1C(=O)OC(C)(C)C. The Labute approximate surface area is 282 Å². The van der Waals surface area contributed by atoms with Gasteiger partial charge in [-0.15, -0.1) is 0 Å². The number of amides is 1. The summed E-state index contributed by atoms with van der Waals surface area (Å²) in [6, 6.07) is 12.5. The summed E-state index contributed by atoms with van der Waals surface area (Å²) in [6.45, 7) is 17.5. The Morgan fingerprint density at radius 3 is 2.57 bits per heavy atom. The van der Waals surface area contributed by atoms with Gasteiger partial charge in [-0.25, -0.2) is 11.4 Å². The van der Waals surface area contributed by atoms with Gasteiger partial charge in [0.1, 0.15) is 24.1 Å². The van der Waals surface area contributed by atoms with Gasteiger partial charge in [-0.1, -0.05) is 35.9 Å². The first kappa shape index (κ1) is 33.1. The van der Waals surface area contributed by atoms with Crippen molar-refractivity contribution in [1.82, 2.24) is 19.8 Å². The second-order valence-electron chi connectivity index (χ2n) is 13.7. The number of hydrogen-bond donors (Lipinski definition) is 0. The molecule has 2 fully saturated rings. The van der Waals surface area contributed by atoms with E-state index < -0.39 is 5.60 Å². The van der Waals surface area contributed by atoms with Gasteiger partial charge in [0.05, 0.1) is 23.4 Å². The van der Waals surface area contributed by atoms with Crippen LogP contribution in [0.15, 0.2) is 36.4 Å². The fraction of sp³-hybridized carbons (Fsp3) is 0.543. The number of rotatable bonds is 7. The van der Waals surface area contributed by atoms with E-state index in [0.717, 1.165) is 64.5 Å². The Bertz CT molecular complexity index is 1650. The molecule has 2 saturated heterocycles. The van der Waals surface area contributed by atoms with E-state index in [2.05, 4.69) is 50.9 Å². The lowest BCUT2D eigenvalue weighted by atomic mass is 10.0. The number of halogens is 1. The average Bonchev–Trinajstić information content (AvgIpc) is 3.41. The van der Waals surface area contributed by atoms with Gasteiger partial charge in [0.25, 0.3) is 0 Å². The molecule has 47 heavy (non-hydrogen) atoms. The number of likely N-dealkylation sites (N-methyl/N-ethyl adjacent to an activating group) is 1. The van der Waals surface area contributed by atoms with Crippen LogP contribution in [0.5, 0.6) is 6.01 Å². The summed E-state index contributed by atoms with van der Waals surface area (Å²) in [7, 11) is 3.83. The highest BCUT2D eigenvalue weighted by Gasteiger charge is 2.38. The maximum atomic E-state index is 13.1. The van der Waals surface area contributed by atoms with Gasteiger partial charge in [0.2, 0.25) is 6.54 Å². The topological polar surface area (TPSA) is 87.9 Å². The largest absolute Gasteiger partial charge is 0.462 e. The van der Waals surface area contributed by atoms with Gasteiger partial charge in [-0.3, -0.25) is 9.80 Å². The first-order chi connectivity index (χ1) is 22.5. The predicted molar refractivity (Wildman–Crippen MR) is 183 cm³/mol. The molecular formula is C35H44ClN7O4. The highest BCUT2D eigenvalue weighted by molar-refractivity contribution is 6.36. The molecule has 6 rings (SSSR count). The molecular weight excluding hydrogens is 618 g/mol. The molecule has 0 saturated carbocycles. The molecule has 0 aliphatic carbocycles. The second-order valence-corrected chi connectivity index (χ2v) is 14.1. The molecule has 4 heterocycles. The van der Waals surface area contributed by atoms with Gasteiger partial charge in [0.15, 0.2) is 0 Å². The molecule has 0 unspecified atom stereocenters. The zero-order valence-corrected chi connectivity index (χ0v) is 28.7. The maximum absolute atomic E-state index is 13.1. The number of carbonyl (C=O) groups is 1. The van der Waals surface area contributed by atoms with Crippen LogP contribution in [0.25, 0.3) is 15.6 Å². The van der Waals surface area contributed by atoms with Crippen LogP contribution in [-0.2, 0) is 22.4 Å². The molecule has 0 spiro atoms. The number of aromatic nitrogens is 2. The van der Waals surface area contributed by atoms with Crippen molar-refractivity contribution in [2.45, 2.75) is 63.9 Å². The molecule has 0 radical (unpaired) electrons. The predicted octanol–water partition coefficient (Wildman–Crippen LogP) is 5.29. The van der Waals surface area contributed by atoms with Crippen LogP contribution in [0, 0.1) is 6.57 Å². The number of hydrogen-bond acceptors (Lipinski definition) is 9. The number of benzene rings is 2. The first-order valence-electron chi connectivity index (χ1n) is 16.3. The van der Waals surface area contributed by atoms with Crippen LogP contribution in [0.2, 0.25) is 5.02 Å². The van der Waals surface area contributed by atoms with Crippen molar-refractivity contribution < 1.29 is 19.0 Å². The summed E-state index contributed by atoms with van der Waals surface area (Å²) >= 11 is 6.73. The minimum absolute atomic E-state index is 0.176. The number of ether oxygens (including phenoxy) is 3. The minimum atomic E-state index is -0.619. The highest BCUT2D eigenvalue weighted by atomic mass is 35.5. The van der Waals surface area contributed by atoms with Crippen molar-refractivity contribution in [1.29, 1.82) is 0 Å². The third-order valence-electron chi connectivity index (χ3n) is 9.30. The van der Waals surface area contributed by atoms with Gasteiger partial charge < -0.3 is 28.9 Å². The monoisotopic (exact) mass is 661 g/mol. The molecule has 3 aromatic rings. The van der Waals surface area contributed by atoms with Crippen LogP contribution in [-0.4, -0.2) is 110 Å². The van der Waals surface area contributed by atoms with Crippen LogP contribution < -0.4 is 14.5 Å². The van der Waals surface area contributed by atoms with Gasteiger partial charge in [-0.2, -0.15) is 9.97 Å². The number of piperazine rings is 1. The molecule has 250 valence electrons. The molecule has 12 heteroatoms. The number of fused-ring (bicyclic) bond motifs is 2. The Morgan fingerprint density at radius 1 is 1.06 bits per heavy atom. The van der Waals surface area contributed by atoms with Crippen LogP contribution >= 0.6 is 11.6 Å². The fourth-order valence-electron chi connectivity index (χ4n) is 6.90. The van der Waals surface area contributed by atoms with Crippen molar-refractivity contribution in [3.8, 4) is 6.01 Å². The molecule has 1 aromatic heterocycles. The standard InChI is InChI=1S/C35H44ClN7O4/c1-35(2,3)47-34(44)43-16-15-42(19-25(43)18-37-4)32-27-13-14-41(30-12-8-10-23-9-7-11-28(36)31(23)30)21-29(27)38-33(39-32)46-22-24-17-26(45-6)20-40(24)5/h7-12,24-26H,13-22H2,1-3,5-6H3/t24-,25-,26+/m0/s1. The van der Waals surface area contributed by atoms with E-state index >= 15 is 0 Å². The smallest absolute Gasteiger partial charge is 0.410 e. The van der Waals surface area contributed by atoms with E-state index in [1.54, 1.807) is 12.0 Å². The molecule has 3 aliphatic heterocycles. The molecule has 0 N–H and O–H groups in total. The lowest BCUT2D eigenvalue weighted by molar-refractivity contribution is 0.0155. The van der Waals surface area contributed by atoms with Crippen molar-refractivity contribution in [3.63, 3.8) is 0 Å². The molecule has 1 amide bonds. The Kier molecular flexibility index (Phi) is 9.65. The molecule has 0 bridgehead atoms. The molecule has 3 atom stereocenters. The van der Waals surface area contributed by atoms with Crippen molar-refractivity contribution >= 4 is 40.0 Å². The summed E-state index contributed by atoms with van der Waals surface area (Å²) in [4.78, 5) is 35.3. The Balaban J connectivity index is 1.31. The maximum Gasteiger partial charge on any atom is 0.410 e. The van der Waals surface area contributed by atoms with E-state index in [4.69, 9.17) is 42.4 Å². The van der Waals surface area contributed by atoms with Crippen LogP contribution in [0.1, 0.15) is 38.4 Å². The minimum Gasteiger partial charge on any atom is -0.462 e. The summed E-state index contributed by atoms with van der Waals surface area (Å²) in [5.41, 5.74) is 2.43. The van der Waals surface area contributed by atoms with Gasteiger partial charge in [0, 0.05) is 62.5 Å². The molecule has 2 aromatic carbocycles. The van der Waals surface area contributed by atoms with Gasteiger partial charge >= 0.3 is 12.1 Å². The molecule has 3 aliphatic rings. The number of anilines is 2. The van der Waals surface area contributed by atoms with Gasteiger partial charge in [-0.05, 0) is 58.2 Å². The zero-order valence-electron chi connectivity index (χ0n) is 27.9. The quantitative estimate of drug-likeness (QED) is 0.314.